The fourth-order valence-corrected chi connectivity index (χ4v) is 3.31. The van der Waals surface area contributed by atoms with Gasteiger partial charge in [0, 0.05) is 6.07 Å². The van der Waals surface area contributed by atoms with E-state index in [1.54, 1.807) is 6.20 Å². The van der Waals surface area contributed by atoms with Crippen molar-refractivity contribution in [2.45, 2.75) is 0 Å². The Labute approximate surface area is 132 Å². The van der Waals surface area contributed by atoms with E-state index in [2.05, 4.69) is 19.5 Å². The maximum Gasteiger partial charge on any atom is 0.429 e. The Balaban J connectivity index is 1.91. The van der Waals surface area contributed by atoms with E-state index in [0.717, 1.165) is 22.4 Å². The van der Waals surface area contributed by atoms with Crippen LogP contribution in [-0.2, 0) is 14.1 Å². The molecule has 23 heavy (non-hydrogen) atoms. The zero-order chi connectivity index (χ0) is 15.6. The molecule has 0 bridgehead atoms. The van der Waals surface area contributed by atoms with E-state index in [1.807, 2.05) is 43.2 Å². The molecule has 5 heterocycles. The number of nitrogens with zero attached hydrogens (tertiary/aromatic N) is 5. The number of rotatable bonds is 0. The predicted molar refractivity (Wildman–Crippen MR) is 79.9 cm³/mol. The number of fused-ring (bicyclic) bond motifs is 4. The zero-order valence-corrected chi connectivity index (χ0v) is 12.6. The highest BCUT2D eigenvalue weighted by Gasteiger charge is 2.53. The second-order valence-electron chi connectivity index (χ2n) is 5.63. The Kier molecular flexibility index (Phi) is 2.31. The second kappa shape index (κ2) is 4.25. The van der Waals surface area contributed by atoms with E-state index < -0.39 is 0 Å². The highest BCUT2D eigenvalue weighted by Crippen LogP contribution is 2.28. The number of aromatic nitrogens is 5. The third-order valence-electron chi connectivity index (χ3n) is 4.32. The molecule has 0 spiro atoms. The summed E-state index contributed by atoms with van der Waals surface area (Å²) in [6, 6.07) is 3.90. The molecule has 0 amide bonds. The third-order valence-corrected chi connectivity index (χ3v) is 4.32. The maximum absolute atomic E-state index is 5.98. The van der Waals surface area contributed by atoms with Crippen molar-refractivity contribution in [1.82, 2.24) is 15.0 Å². The van der Waals surface area contributed by atoms with Crippen molar-refractivity contribution in [3.8, 4) is 23.4 Å². The molecule has 2 aliphatic heterocycles. The molecule has 7 nitrogen and oxygen atoms in total. The van der Waals surface area contributed by atoms with E-state index in [9.17, 15) is 0 Å². The summed E-state index contributed by atoms with van der Waals surface area (Å²) in [6.07, 6.45) is 7.08. The van der Waals surface area contributed by atoms with Gasteiger partial charge >= 0.3 is 6.71 Å². The van der Waals surface area contributed by atoms with Crippen LogP contribution in [-0.4, -0.2) is 21.7 Å². The van der Waals surface area contributed by atoms with Crippen LogP contribution in [0.4, 0.5) is 0 Å². The average Bonchev–Trinajstić information content (AvgIpc) is 2.55. The lowest BCUT2D eigenvalue weighted by molar-refractivity contribution is -0.659. The second-order valence-corrected chi connectivity index (χ2v) is 5.63. The van der Waals surface area contributed by atoms with Crippen LogP contribution < -0.4 is 35.3 Å². The van der Waals surface area contributed by atoms with E-state index in [-0.39, 0.29) is 6.71 Å². The van der Waals surface area contributed by atoms with Gasteiger partial charge < -0.3 is 9.47 Å². The zero-order valence-electron chi connectivity index (χ0n) is 12.6. The SMILES string of the molecule is C[n+]1cccc2c1B1c3c(ncnc3Oc3ncc[n+](C)c31)O2. The minimum atomic E-state index is -0.0846. The molecule has 0 radical (unpaired) electrons. The van der Waals surface area contributed by atoms with Crippen molar-refractivity contribution in [2.75, 3.05) is 0 Å². The van der Waals surface area contributed by atoms with E-state index in [4.69, 9.17) is 9.47 Å². The monoisotopic (exact) mass is 305 g/mol. The molecule has 0 saturated heterocycles. The Bertz CT molecular complexity index is 872. The Morgan fingerprint density at radius 3 is 2.57 bits per heavy atom. The van der Waals surface area contributed by atoms with Crippen LogP contribution in [0.5, 0.6) is 23.4 Å². The van der Waals surface area contributed by atoms with E-state index >= 15 is 0 Å². The van der Waals surface area contributed by atoms with Crippen molar-refractivity contribution in [3.05, 3.63) is 37.1 Å². The van der Waals surface area contributed by atoms with Crippen molar-refractivity contribution in [1.29, 1.82) is 0 Å². The highest BCUT2D eigenvalue weighted by molar-refractivity contribution is 6.96. The number of aryl methyl sites for hydroxylation is 2. The average molecular weight is 305 g/mol. The fraction of sp³-hybridized carbons (Fsp3) is 0.133. The minimum absolute atomic E-state index is 0.0846. The number of ether oxygens (including phenoxy) is 2. The summed E-state index contributed by atoms with van der Waals surface area (Å²) in [6.45, 7) is -0.0846. The molecule has 0 aromatic carbocycles. The van der Waals surface area contributed by atoms with Crippen molar-refractivity contribution in [2.24, 2.45) is 14.1 Å². The number of hydrogen-bond acceptors (Lipinski definition) is 5. The van der Waals surface area contributed by atoms with Gasteiger partial charge in [-0.2, -0.15) is 0 Å². The lowest BCUT2D eigenvalue weighted by Gasteiger charge is -2.25. The van der Waals surface area contributed by atoms with Crippen LogP contribution in [0.1, 0.15) is 0 Å². The normalized spacial score (nSPS) is 13.4. The molecular weight excluding hydrogens is 293 g/mol. The Morgan fingerprint density at radius 2 is 1.70 bits per heavy atom. The Morgan fingerprint density at radius 1 is 0.913 bits per heavy atom. The van der Waals surface area contributed by atoms with Crippen molar-refractivity contribution >= 4 is 23.4 Å². The van der Waals surface area contributed by atoms with Crippen molar-refractivity contribution in [3.63, 3.8) is 0 Å². The first-order valence-electron chi connectivity index (χ1n) is 7.27. The van der Waals surface area contributed by atoms with Gasteiger partial charge in [-0.05, 0) is 6.07 Å². The van der Waals surface area contributed by atoms with Gasteiger partial charge in [-0.1, -0.05) is 0 Å². The van der Waals surface area contributed by atoms with Gasteiger partial charge in [-0.15, -0.1) is 0 Å². The van der Waals surface area contributed by atoms with Crippen LogP contribution in [0.15, 0.2) is 37.1 Å². The summed E-state index contributed by atoms with van der Waals surface area (Å²) in [7, 11) is 3.98. The summed E-state index contributed by atoms with van der Waals surface area (Å²) in [5.41, 5.74) is 2.84. The first-order chi connectivity index (χ1) is 11.2. The van der Waals surface area contributed by atoms with Crippen LogP contribution in [0, 0.1) is 0 Å². The summed E-state index contributed by atoms with van der Waals surface area (Å²) >= 11 is 0. The molecule has 2 aliphatic rings. The molecule has 110 valence electrons. The summed E-state index contributed by atoms with van der Waals surface area (Å²) in [5, 5.41) is 0. The molecule has 8 heteroatoms. The van der Waals surface area contributed by atoms with Gasteiger partial charge in [-0.3, -0.25) is 0 Å². The summed E-state index contributed by atoms with van der Waals surface area (Å²) < 4.78 is 15.9. The summed E-state index contributed by atoms with van der Waals surface area (Å²) in [5.74, 6) is 2.39. The largest absolute Gasteiger partial charge is 0.434 e. The molecule has 0 saturated carbocycles. The van der Waals surface area contributed by atoms with Gasteiger partial charge in [0.25, 0.3) is 5.88 Å². The van der Waals surface area contributed by atoms with Crippen molar-refractivity contribution < 1.29 is 18.6 Å². The number of pyridine rings is 1. The third kappa shape index (κ3) is 1.57. The minimum Gasteiger partial charge on any atom is -0.434 e. The van der Waals surface area contributed by atoms with E-state index in [1.165, 1.54) is 6.33 Å². The quantitative estimate of drug-likeness (QED) is 0.251. The predicted octanol–water partition coefficient (Wildman–Crippen LogP) is -1.75. The summed E-state index contributed by atoms with van der Waals surface area (Å²) in [4.78, 5) is 12.9. The molecule has 0 unspecified atom stereocenters. The lowest BCUT2D eigenvalue weighted by Crippen LogP contribution is -2.73. The fourth-order valence-electron chi connectivity index (χ4n) is 3.31. The molecule has 0 atom stereocenters. The lowest BCUT2D eigenvalue weighted by atomic mass is 9.38. The standard InChI is InChI=1S/C15H12BN5O2/c1-20-6-3-4-9-11(20)16-10-13(22-9)18-8-19-14(10)23-15-12(16)21(2)7-5-17-15/h3-8H,1-2H3/q+2. The van der Waals surface area contributed by atoms with Gasteiger partial charge in [0.2, 0.25) is 17.4 Å². The van der Waals surface area contributed by atoms with Crippen LogP contribution in [0.2, 0.25) is 0 Å². The molecule has 3 aromatic rings. The highest BCUT2D eigenvalue weighted by atomic mass is 16.5. The van der Waals surface area contributed by atoms with Crippen LogP contribution in [0.25, 0.3) is 0 Å². The van der Waals surface area contributed by atoms with E-state index in [0.29, 0.717) is 17.6 Å². The van der Waals surface area contributed by atoms with Gasteiger partial charge in [0.05, 0.1) is 11.7 Å². The molecule has 0 N–H and O–H groups in total. The topological polar surface area (TPSA) is 64.9 Å². The Hall–Kier alpha value is -3.03. The van der Waals surface area contributed by atoms with Gasteiger partial charge in [0.15, 0.2) is 23.7 Å². The maximum atomic E-state index is 5.98. The molecule has 5 rings (SSSR count). The molecule has 0 aliphatic carbocycles. The molecule has 0 fully saturated rings. The first-order valence-corrected chi connectivity index (χ1v) is 7.27. The van der Waals surface area contributed by atoms with Gasteiger partial charge in [0.1, 0.15) is 20.4 Å². The van der Waals surface area contributed by atoms with Gasteiger partial charge in [-0.25, -0.2) is 24.1 Å². The molecule has 3 aromatic heterocycles. The van der Waals surface area contributed by atoms with Crippen LogP contribution in [0.3, 0.4) is 0 Å². The first kappa shape index (κ1) is 12.5. The van der Waals surface area contributed by atoms with Crippen LogP contribution >= 0.6 is 0 Å². The molecular formula is C15H12BN5O2+2. The number of hydrogen-bond donors (Lipinski definition) is 0. The smallest absolute Gasteiger partial charge is 0.429 e.